The van der Waals surface area contributed by atoms with Gasteiger partial charge in [0.2, 0.25) is 0 Å². The van der Waals surface area contributed by atoms with Gasteiger partial charge in [0.05, 0.1) is 0 Å². The van der Waals surface area contributed by atoms with Gasteiger partial charge in [-0.05, 0) is 19.8 Å². The normalized spacial score (nSPS) is 10.3. The molecule has 0 aliphatic rings. The van der Waals surface area contributed by atoms with Gasteiger partial charge in [0.25, 0.3) is 0 Å². The van der Waals surface area contributed by atoms with E-state index in [4.69, 9.17) is 0 Å². The molecule has 0 aliphatic heterocycles. The summed E-state index contributed by atoms with van der Waals surface area (Å²) in [4.78, 5) is 0. The Hall–Kier alpha value is -0.260. The van der Waals surface area contributed by atoms with E-state index >= 15 is 0 Å². The zero-order valence-electron chi connectivity index (χ0n) is 4.15. The highest BCUT2D eigenvalue weighted by atomic mass is 13.7. The molecule has 6 heavy (non-hydrogen) atoms. The minimum absolute atomic E-state index is 1.05. The number of hydrogen-bond donors (Lipinski definition) is 0. The van der Waals surface area contributed by atoms with E-state index in [0.29, 0.717) is 0 Å². The Morgan fingerprint density at radius 2 is 2.33 bits per heavy atom. The smallest absolute Gasteiger partial charge is 0.0316 e. The van der Waals surface area contributed by atoms with Crippen LogP contribution < -0.4 is 0 Å². The van der Waals surface area contributed by atoms with Crippen molar-refractivity contribution in [3.63, 3.8) is 0 Å². The van der Waals surface area contributed by atoms with Gasteiger partial charge in [-0.3, -0.25) is 0 Å². The van der Waals surface area contributed by atoms with Crippen molar-refractivity contribution >= 4 is 0 Å². The first-order valence-corrected chi connectivity index (χ1v) is 2.14. The summed E-state index contributed by atoms with van der Waals surface area (Å²) in [6, 6.07) is 0. The van der Waals surface area contributed by atoms with Gasteiger partial charge >= 0.3 is 0 Å². The van der Waals surface area contributed by atoms with Gasteiger partial charge in [-0.2, -0.15) is 0 Å². The molecule has 0 heterocycles. The summed E-state index contributed by atoms with van der Waals surface area (Å²) >= 11 is 0. The Balaban J connectivity index is 2.66. The Kier molecular flexibility index (Phi) is 4.53. The first kappa shape index (κ1) is 5.74. The molecule has 0 N–H and O–H groups in total. The first-order valence-electron chi connectivity index (χ1n) is 2.14. The lowest BCUT2D eigenvalue weighted by Crippen LogP contribution is -1.57. The van der Waals surface area contributed by atoms with E-state index < -0.39 is 0 Å². The van der Waals surface area contributed by atoms with Crippen molar-refractivity contribution in [2.45, 2.75) is 13.3 Å². The van der Waals surface area contributed by atoms with Gasteiger partial charge in [-0.15, -0.1) is 0 Å². The van der Waals surface area contributed by atoms with Crippen molar-refractivity contribution in [1.29, 1.82) is 0 Å². The van der Waals surface area contributed by atoms with E-state index in [1.54, 1.807) is 6.08 Å². The molecule has 0 saturated heterocycles. The highest BCUT2D eigenvalue weighted by Gasteiger charge is 1.65. The van der Waals surface area contributed by atoms with Crippen molar-refractivity contribution < 1.29 is 0 Å². The Morgan fingerprint density at radius 1 is 1.67 bits per heavy atom. The number of unbranched alkanes of at least 4 members (excludes halogenated alkanes) is 1. The number of hydrogen-bond acceptors (Lipinski definition) is 0. The lowest BCUT2D eigenvalue weighted by molar-refractivity contribution is 1.21. The molecule has 0 nitrogen and oxygen atoms in total. The molecule has 0 fully saturated rings. The fraction of sp³-hybridized carbons (Fsp3) is 0.333. The average Bonchev–Trinajstić information content (AvgIpc) is 1.61. The van der Waals surface area contributed by atoms with Crippen LogP contribution in [0.1, 0.15) is 13.3 Å². The van der Waals surface area contributed by atoms with Crippen LogP contribution in [0.25, 0.3) is 0 Å². The molecule has 0 aliphatic carbocycles. The quantitative estimate of drug-likeness (QED) is 0.478. The molecule has 34 valence electrons. The molecule has 0 saturated carbocycles. The summed E-state index contributed by atoms with van der Waals surface area (Å²) in [5.41, 5.74) is 0. The highest BCUT2D eigenvalue weighted by molar-refractivity contribution is 4.86. The van der Waals surface area contributed by atoms with Crippen molar-refractivity contribution in [2.75, 3.05) is 0 Å². The van der Waals surface area contributed by atoms with E-state index in [2.05, 4.69) is 13.3 Å². The number of allylic oxidation sites excluding steroid dienone is 2. The Labute approximate surface area is 39.9 Å². The zero-order valence-corrected chi connectivity index (χ0v) is 4.15. The third kappa shape index (κ3) is 3.74. The predicted molar refractivity (Wildman–Crippen MR) is 29.1 cm³/mol. The van der Waals surface area contributed by atoms with Gasteiger partial charge in [-0.1, -0.05) is 19.1 Å². The topological polar surface area (TPSA) is 0 Å². The fourth-order valence-corrected chi connectivity index (χ4v) is 0.232. The maximum Gasteiger partial charge on any atom is -0.0316 e. The molecule has 0 atom stereocenters. The summed E-state index contributed by atoms with van der Waals surface area (Å²) in [7, 11) is 0. The Bertz CT molecular complexity index is 35.3. The maximum absolute atomic E-state index is 3.52. The van der Waals surface area contributed by atoms with Crippen LogP contribution in [0, 0.1) is 13.3 Å². The molecule has 0 rings (SSSR count). The number of rotatable bonds is 2. The molecule has 0 aromatic rings. The molecule has 0 bridgehead atoms. The van der Waals surface area contributed by atoms with Gasteiger partial charge in [0, 0.05) is 0 Å². The molecule has 2 radical (unpaired) electrons. The van der Waals surface area contributed by atoms with Crippen LogP contribution in [0.4, 0.5) is 0 Å². The molecule has 0 unspecified atom stereocenters. The largest absolute Gasteiger partial charge is 0.0883 e. The second-order valence-electron chi connectivity index (χ2n) is 1.12. The standard InChI is InChI=1S/C6H10/c1-3-5-6-4-2/h3-5H,1,6H2,2H3. The van der Waals surface area contributed by atoms with E-state index in [1.807, 2.05) is 13.0 Å². The molecule has 0 aromatic carbocycles. The summed E-state index contributed by atoms with van der Waals surface area (Å²) < 4.78 is 0. The van der Waals surface area contributed by atoms with Gasteiger partial charge in [-0.25, -0.2) is 0 Å². The van der Waals surface area contributed by atoms with Gasteiger partial charge in [0.15, 0.2) is 0 Å². The maximum atomic E-state index is 3.52. The molecular weight excluding hydrogens is 72.1 g/mol. The third-order valence-electron chi connectivity index (χ3n) is 0.538. The van der Waals surface area contributed by atoms with Crippen LogP contribution in [0.5, 0.6) is 0 Å². The lowest BCUT2D eigenvalue weighted by Gasteiger charge is -1.75. The summed E-state index contributed by atoms with van der Waals surface area (Å²) in [6.45, 7) is 5.55. The molecular formula is C6H10. The van der Waals surface area contributed by atoms with Crippen molar-refractivity contribution in [2.24, 2.45) is 0 Å². The van der Waals surface area contributed by atoms with Gasteiger partial charge in [0.1, 0.15) is 0 Å². The average molecular weight is 82.1 g/mol. The van der Waals surface area contributed by atoms with E-state index in [1.165, 1.54) is 0 Å². The van der Waals surface area contributed by atoms with Crippen LogP contribution in [0.15, 0.2) is 12.2 Å². The minimum Gasteiger partial charge on any atom is -0.0883 e. The van der Waals surface area contributed by atoms with Crippen LogP contribution in [0.3, 0.4) is 0 Å². The molecule has 0 amide bonds. The second-order valence-corrected chi connectivity index (χ2v) is 1.12. The van der Waals surface area contributed by atoms with Crippen LogP contribution in [0.2, 0.25) is 0 Å². The zero-order chi connectivity index (χ0) is 4.83. The lowest BCUT2D eigenvalue weighted by atomic mass is 10.3. The van der Waals surface area contributed by atoms with E-state index in [0.717, 1.165) is 6.42 Å². The third-order valence-corrected chi connectivity index (χ3v) is 0.538. The van der Waals surface area contributed by atoms with Crippen LogP contribution >= 0.6 is 0 Å². The van der Waals surface area contributed by atoms with Crippen molar-refractivity contribution in [1.82, 2.24) is 0 Å². The molecule has 0 aromatic heterocycles. The fourth-order valence-electron chi connectivity index (χ4n) is 0.232. The monoisotopic (exact) mass is 82.1 g/mol. The summed E-state index contributed by atoms with van der Waals surface area (Å²) in [5, 5.41) is 0. The van der Waals surface area contributed by atoms with E-state index in [9.17, 15) is 0 Å². The molecule has 0 heteroatoms. The first-order chi connectivity index (χ1) is 2.91. The summed E-state index contributed by atoms with van der Waals surface area (Å²) in [5.74, 6) is 0. The van der Waals surface area contributed by atoms with E-state index in [-0.39, 0.29) is 0 Å². The van der Waals surface area contributed by atoms with Crippen molar-refractivity contribution in [3.8, 4) is 0 Å². The SMILES string of the molecule is [CH2]C=CC[CH]C. The van der Waals surface area contributed by atoms with Crippen LogP contribution in [-0.2, 0) is 0 Å². The summed E-state index contributed by atoms with van der Waals surface area (Å²) in [6.07, 6.45) is 6.95. The predicted octanol–water partition coefficient (Wildman–Crippen LogP) is 1.99. The molecule has 0 spiro atoms. The van der Waals surface area contributed by atoms with Crippen LogP contribution in [-0.4, -0.2) is 0 Å². The van der Waals surface area contributed by atoms with Gasteiger partial charge < -0.3 is 0 Å². The second kappa shape index (κ2) is 4.74. The minimum atomic E-state index is 1.05. The highest BCUT2D eigenvalue weighted by Crippen LogP contribution is 1.83. The Morgan fingerprint density at radius 3 is 2.50 bits per heavy atom. The van der Waals surface area contributed by atoms with Crippen molar-refractivity contribution in [3.05, 3.63) is 25.5 Å².